The minimum atomic E-state index is 0.300. The van der Waals surface area contributed by atoms with E-state index in [9.17, 15) is 4.79 Å². The zero-order valence-corrected chi connectivity index (χ0v) is 10.2. The van der Waals surface area contributed by atoms with Crippen LogP contribution in [-0.2, 0) is 9.53 Å². The molecule has 3 nitrogen and oxygen atoms in total. The molecule has 1 aliphatic rings. The van der Waals surface area contributed by atoms with E-state index in [1.807, 2.05) is 0 Å². The van der Waals surface area contributed by atoms with Gasteiger partial charge in [-0.3, -0.25) is 0 Å². The number of rotatable bonds is 5. The predicted octanol–water partition coefficient (Wildman–Crippen LogP) is 1.71. The van der Waals surface area contributed by atoms with Crippen molar-refractivity contribution in [3.63, 3.8) is 0 Å². The van der Waals surface area contributed by atoms with Gasteiger partial charge in [0.1, 0.15) is 5.78 Å². The molecule has 0 saturated carbocycles. The molecule has 0 aliphatic carbocycles. The zero-order valence-electron chi connectivity index (χ0n) is 10.2. The fourth-order valence-corrected chi connectivity index (χ4v) is 2.37. The number of nitrogens with zero attached hydrogens (tertiary/aromatic N) is 1. The maximum atomic E-state index is 11.0. The van der Waals surface area contributed by atoms with Crippen LogP contribution in [0, 0.1) is 5.92 Å². The molecule has 0 aromatic carbocycles. The van der Waals surface area contributed by atoms with Crippen molar-refractivity contribution in [2.24, 2.45) is 5.92 Å². The van der Waals surface area contributed by atoms with Crippen molar-refractivity contribution in [2.75, 3.05) is 27.3 Å². The second-order valence-electron chi connectivity index (χ2n) is 4.72. The highest BCUT2D eigenvalue weighted by Gasteiger charge is 2.25. The van der Waals surface area contributed by atoms with E-state index in [1.54, 1.807) is 6.92 Å². The van der Waals surface area contributed by atoms with E-state index in [-0.39, 0.29) is 0 Å². The number of hydrogen-bond acceptors (Lipinski definition) is 3. The van der Waals surface area contributed by atoms with E-state index in [2.05, 4.69) is 19.0 Å². The van der Waals surface area contributed by atoms with Crippen LogP contribution in [-0.4, -0.2) is 44.0 Å². The summed E-state index contributed by atoms with van der Waals surface area (Å²) in [4.78, 5) is 13.3. The molecule has 0 radical (unpaired) electrons. The molecule has 1 saturated heterocycles. The minimum absolute atomic E-state index is 0.300. The van der Waals surface area contributed by atoms with Crippen LogP contribution in [0.3, 0.4) is 0 Å². The molecule has 1 unspecified atom stereocenters. The summed E-state index contributed by atoms with van der Waals surface area (Å²) < 4.78 is 5.37. The van der Waals surface area contributed by atoms with Crippen molar-refractivity contribution in [1.29, 1.82) is 0 Å². The van der Waals surface area contributed by atoms with Crippen molar-refractivity contribution in [2.45, 2.75) is 38.6 Å². The van der Waals surface area contributed by atoms with Gasteiger partial charge < -0.3 is 14.4 Å². The van der Waals surface area contributed by atoms with E-state index >= 15 is 0 Å². The Bertz CT molecular complexity index is 198. The van der Waals surface area contributed by atoms with Crippen molar-refractivity contribution in [3.8, 4) is 0 Å². The lowest BCUT2D eigenvalue weighted by Gasteiger charge is -2.34. The Balaban J connectivity index is 2.44. The Labute approximate surface area is 92.8 Å². The molecular weight excluding hydrogens is 190 g/mol. The molecule has 0 aromatic heterocycles. The lowest BCUT2D eigenvalue weighted by atomic mass is 9.88. The van der Waals surface area contributed by atoms with Crippen molar-refractivity contribution in [1.82, 2.24) is 4.90 Å². The average molecular weight is 213 g/mol. The summed E-state index contributed by atoms with van der Waals surface area (Å²) in [5.41, 5.74) is 0. The Morgan fingerprint density at radius 1 is 1.40 bits per heavy atom. The third-order valence-corrected chi connectivity index (χ3v) is 3.27. The van der Waals surface area contributed by atoms with Crippen LogP contribution in [0.5, 0.6) is 0 Å². The van der Waals surface area contributed by atoms with Crippen molar-refractivity contribution >= 4 is 5.78 Å². The van der Waals surface area contributed by atoms with Gasteiger partial charge in [0.15, 0.2) is 0 Å². The van der Waals surface area contributed by atoms with Gasteiger partial charge in [0.05, 0.1) is 0 Å². The van der Waals surface area contributed by atoms with Crippen LogP contribution in [0.2, 0.25) is 0 Å². The molecule has 1 atom stereocenters. The number of hydrogen-bond donors (Lipinski definition) is 0. The minimum Gasteiger partial charge on any atom is -0.381 e. The van der Waals surface area contributed by atoms with Crippen molar-refractivity contribution in [3.05, 3.63) is 0 Å². The second-order valence-corrected chi connectivity index (χ2v) is 4.72. The summed E-state index contributed by atoms with van der Waals surface area (Å²) in [6.07, 6.45) is 3.98. The smallest absolute Gasteiger partial charge is 0.129 e. The molecule has 0 aromatic rings. The predicted molar refractivity (Wildman–Crippen MR) is 60.9 cm³/mol. The number of carbonyl (C=O) groups is 1. The molecule has 1 aliphatic heterocycles. The summed E-state index contributed by atoms with van der Waals surface area (Å²) in [7, 11) is 4.22. The van der Waals surface area contributed by atoms with Crippen LogP contribution >= 0.6 is 0 Å². The molecular formula is C12H23NO2. The van der Waals surface area contributed by atoms with E-state index in [0.717, 1.165) is 32.5 Å². The number of ether oxygens (including phenoxy) is 1. The molecule has 0 N–H and O–H groups in total. The van der Waals surface area contributed by atoms with Gasteiger partial charge in [-0.2, -0.15) is 0 Å². The first-order valence-corrected chi connectivity index (χ1v) is 5.85. The summed E-state index contributed by atoms with van der Waals surface area (Å²) >= 11 is 0. The molecule has 3 heteroatoms. The Morgan fingerprint density at radius 3 is 2.47 bits per heavy atom. The fraction of sp³-hybridized carbons (Fsp3) is 0.917. The number of Topliss-reactive ketones (excluding diaryl/α,β-unsaturated/α-hetero) is 1. The summed E-state index contributed by atoms with van der Waals surface area (Å²) in [6, 6.07) is 0.540. The first kappa shape index (κ1) is 12.7. The van der Waals surface area contributed by atoms with Crippen LogP contribution in [0.4, 0.5) is 0 Å². The summed E-state index contributed by atoms with van der Waals surface area (Å²) in [6.45, 7) is 3.45. The summed E-state index contributed by atoms with van der Waals surface area (Å²) in [5, 5.41) is 0. The quantitative estimate of drug-likeness (QED) is 0.696. The third-order valence-electron chi connectivity index (χ3n) is 3.27. The molecule has 1 rings (SSSR count). The normalized spacial score (nSPS) is 20.5. The van der Waals surface area contributed by atoms with Crippen LogP contribution < -0.4 is 0 Å². The van der Waals surface area contributed by atoms with Crippen LogP contribution in [0.1, 0.15) is 32.6 Å². The Hall–Kier alpha value is -0.410. The number of ketones is 1. The third kappa shape index (κ3) is 4.31. The second kappa shape index (κ2) is 6.23. The molecule has 15 heavy (non-hydrogen) atoms. The van der Waals surface area contributed by atoms with E-state index < -0.39 is 0 Å². The maximum absolute atomic E-state index is 11.0. The molecule has 1 fully saturated rings. The SMILES string of the molecule is CC(=O)CCC(C1CCOCC1)N(C)C. The van der Waals surface area contributed by atoms with Crippen LogP contribution in [0.25, 0.3) is 0 Å². The monoisotopic (exact) mass is 213 g/mol. The highest BCUT2D eigenvalue weighted by atomic mass is 16.5. The van der Waals surface area contributed by atoms with Gasteiger partial charge in [0.25, 0.3) is 0 Å². The Morgan fingerprint density at radius 2 is 2.00 bits per heavy atom. The lowest BCUT2D eigenvalue weighted by Crippen LogP contribution is -2.38. The standard InChI is InChI=1S/C12H23NO2/c1-10(14)4-5-12(13(2)3)11-6-8-15-9-7-11/h11-12H,4-9H2,1-3H3. The molecule has 0 spiro atoms. The molecule has 0 amide bonds. The lowest BCUT2D eigenvalue weighted by molar-refractivity contribution is -0.117. The Kier molecular flexibility index (Phi) is 5.26. The van der Waals surface area contributed by atoms with E-state index in [0.29, 0.717) is 24.2 Å². The maximum Gasteiger partial charge on any atom is 0.129 e. The average Bonchev–Trinajstić information content (AvgIpc) is 2.18. The van der Waals surface area contributed by atoms with Crippen LogP contribution in [0.15, 0.2) is 0 Å². The van der Waals surface area contributed by atoms with Gasteiger partial charge in [-0.1, -0.05) is 0 Å². The van der Waals surface area contributed by atoms with E-state index in [1.165, 1.54) is 0 Å². The highest BCUT2D eigenvalue weighted by Crippen LogP contribution is 2.24. The fourth-order valence-electron chi connectivity index (χ4n) is 2.37. The van der Waals surface area contributed by atoms with Gasteiger partial charge in [0.2, 0.25) is 0 Å². The molecule has 1 heterocycles. The highest BCUT2D eigenvalue weighted by molar-refractivity contribution is 5.75. The topological polar surface area (TPSA) is 29.5 Å². The molecule has 0 bridgehead atoms. The van der Waals surface area contributed by atoms with Gasteiger partial charge in [-0.05, 0) is 46.2 Å². The van der Waals surface area contributed by atoms with Gasteiger partial charge >= 0.3 is 0 Å². The first-order chi connectivity index (χ1) is 7.11. The van der Waals surface area contributed by atoms with Crippen molar-refractivity contribution < 1.29 is 9.53 Å². The largest absolute Gasteiger partial charge is 0.381 e. The summed E-state index contributed by atoms with van der Waals surface area (Å²) in [5.74, 6) is 1.00. The van der Waals surface area contributed by atoms with Gasteiger partial charge in [-0.25, -0.2) is 0 Å². The number of carbonyl (C=O) groups excluding carboxylic acids is 1. The van der Waals surface area contributed by atoms with Gasteiger partial charge in [-0.15, -0.1) is 0 Å². The first-order valence-electron chi connectivity index (χ1n) is 5.85. The van der Waals surface area contributed by atoms with E-state index in [4.69, 9.17) is 4.74 Å². The van der Waals surface area contributed by atoms with Gasteiger partial charge in [0, 0.05) is 25.7 Å². The zero-order chi connectivity index (χ0) is 11.3. The molecule has 88 valence electrons.